The summed E-state index contributed by atoms with van der Waals surface area (Å²) in [4.78, 5) is 23.4. The molecule has 18 heavy (non-hydrogen) atoms. The average molecular weight is 248 g/mol. The van der Waals surface area contributed by atoms with Crippen molar-refractivity contribution in [2.45, 2.75) is 6.92 Å². The van der Waals surface area contributed by atoms with Crippen molar-refractivity contribution in [1.29, 1.82) is 0 Å². The Kier molecular flexibility index (Phi) is 3.32. The number of hydrogen-bond acceptors (Lipinski definition) is 5. The van der Waals surface area contributed by atoms with Crippen LogP contribution in [0.4, 0.5) is 0 Å². The zero-order valence-corrected chi connectivity index (χ0v) is 10.1. The summed E-state index contributed by atoms with van der Waals surface area (Å²) >= 11 is 0. The van der Waals surface area contributed by atoms with Gasteiger partial charge in [-0.2, -0.15) is 0 Å². The number of benzene rings is 1. The van der Waals surface area contributed by atoms with Gasteiger partial charge in [0.25, 0.3) is 0 Å². The van der Waals surface area contributed by atoms with Crippen LogP contribution in [-0.4, -0.2) is 19.7 Å². The fraction of sp³-hybridized carbons (Fsp3) is 0.231. The SMILES string of the molecule is CCOC(=O)c1cc(=O)c2c(OC)cccc2o1. The summed E-state index contributed by atoms with van der Waals surface area (Å²) in [6, 6.07) is 6.05. The molecule has 1 aromatic carbocycles. The lowest BCUT2D eigenvalue weighted by molar-refractivity contribution is 0.0490. The first-order chi connectivity index (χ1) is 8.67. The van der Waals surface area contributed by atoms with Gasteiger partial charge in [-0.15, -0.1) is 0 Å². The zero-order valence-electron chi connectivity index (χ0n) is 10.1. The van der Waals surface area contributed by atoms with Crippen LogP contribution in [0.25, 0.3) is 11.0 Å². The van der Waals surface area contributed by atoms with Gasteiger partial charge in [0.15, 0.2) is 5.43 Å². The van der Waals surface area contributed by atoms with Crippen LogP contribution in [0.1, 0.15) is 17.5 Å². The van der Waals surface area contributed by atoms with Crippen LogP contribution in [0.15, 0.2) is 33.5 Å². The van der Waals surface area contributed by atoms with E-state index in [0.29, 0.717) is 16.7 Å². The molecule has 0 saturated heterocycles. The predicted octanol–water partition coefficient (Wildman–Crippen LogP) is 1.98. The Hall–Kier alpha value is -2.30. The minimum atomic E-state index is -0.653. The Labute approximate surface area is 103 Å². The summed E-state index contributed by atoms with van der Waals surface area (Å²) in [5.41, 5.74) is -0.0401. The highest BCUT2D eigenvalue weighted by Gasteiger charge is 2.15. The van der Waals surface area contributed by atoms with Gasteiger partial charge in [0.05, 0.1) is 13.7 Å². The third-order valence-electron chi connectivity index (χ3n) is 2.41. The van der Waals surface area contributed by atoms with E-state index in [1.807, 2.05) is 0 Å². The highest BCUT2D eigenvalue weighted by Crippen LogP contribution is 2.22. The van der Waals surface area contributed by atoms with Gasteiger partial charge in [-0.05, 0) is 19.1 Å². The van der Waals surface area contributed by atoms with Crippen molar-refractivity contribution in [3.63, 3.8) is 0 Å². The van der Waals surface area contributed by atoms with Gasteiger partial charge in [-0.1, -0.05) is 6.07 Å². The van der Waals surface area contributed by atoms with Crippen molar-refractivity contribution in [3.8, 4) is 5.75 Å². The molecule has 0 saturated carbocycles. The first kappa shape index (κ1) is 12.2. The van der Waals surface area contributed by atoms with E-state index < -0.39 is 5.97 Å². The molecule has 1 aromatic heterocycles. The van der Waals surface area contributed by atoms with Crippen molar-refractivity contribution >= 4 is 16.9 Å². The highest BCUT2D eigenvalue weighted by atomic mass is 16.5. The molecule has 2 aromatic rings. The molecule has 5 nitrogen and oxygen atoms in total. The molecule has 0 unspecified atom stereocenters. The molecule has 0 amide bonds. The fourth-order valence-electron chi connectivity index (χ4n) is 1.65. The van der Waals surface area contributed by atoms with E-state index >= 15 is 0 Å². The van der Waals surface area contributed by atoms with E-state index in [9.17, 15) is 9.59 Å². The monoisotopic (exact) mass is 248 g/mol. The number of methoxy groups -OCH3 is 1. The van der Waals surface area contributed by atoms with Gasteiger partial charge < -0.3 is 13.9 Å². The lowest BCUT2D eigenvalue weighted by Gasteiger charge is -2.05. The van der Waals surface area contributed by atoms with Gasteiger partial charge in [-0.25, -0.2) is 4.79 Å². The smallest absolute Gasteiger partial charge is 0.374 e. The average Bonchev–Trinajstić information content (AvgIpc) is 2.38. The molecular formula is C13H12O5. The molecule has 0 fully saturated rings. The molecule has 0 bridgehead atoms. The number of hydrogen-bond donors (Lipinski definition) is 0. The van der Waals surface area contributed by atoms with E-state index in [-0.39, 0.29) is 17.8 Å². The Morgan fingerprint density at radius 3 is 2.83 bits per heavy atom. The number of ether oxygens (including phenoxy) is 2. The molecule has 0 aliphatic heterocycles. The molecule has 94 valence electrons. The van der Waals surface area contributed by atoms with Crippen LogP contribution in [0.5, 0.6) is 5.75 Å². The van der Waals surface area contributed by atoms with E-state index in [1.54, 1.807) is 25.1 Å². The third-order valence-corrected chi connectivity index (χ3v) is 2.41. The standard InChI is InChI=1S/C13H12O5/c1-3-17-13(15)11-7-8(14)12-9(16-2)5-4-6-10(12)18-11/h4-7H,3H2,1-2H3. The topological polar surface area (TPSA) is 65.7 Å². The molecule has 0 N–H and O–H groups in total. The minimum absolute atomic E-state index is 0.109. The van der Waals surface area contributed by atoms with E-state index in [0.717, 1.165) is 6.07 Å². The second-order valence-corrected chi connectivity index (χ2v) is 3.53. The van der Waals surface area contributed by atoms with Crippen molar-refractivity contribution in [2.24, 2.45) is 0 Å². The summed E-state index contributed by atoms with van der Waals surface area (Å²) in [7, 11) is 1.47. The maximum Gasteiger partial charge on any atom is 0.374 e. The largest absolute Gasteiger partial charge is 0.496 e. The van der Waals surface area contributed by atoms with Crippen LogP contribution >= 0.6 is 0 Å². The molecule has 0 radical (unpaired) electrons. The summed E-state index contributed by atoms with van der Waals surface area (Å²) in [5.74, 6) is -0.349. The van der Waals surface area contributed by atoms with Crippen LogP contribution in [0.3, 0.4) is 0 Å². The summed E-state index contributed by atoms with van der Waals surface area (Å²) in [6.07, 6.45) is 0. The van der Waals surface area contributed by atoms with Crippen LogP contribution < -0.4 is 10.2 Å². The lowest BCUT2D eigenvalue weighted by atomic mass is 10.2. The number of carbonyl (C=O) groups is 1. The number of carbonyl (C=O) groups excluding carboxylic acids is 1. The Morgan fingerprint density at radius 1 is 1.39 bits per heavy atom. The molecule has 2 rings (SSSR count). The van der Waals surface area contributed by atoms with E-state index in [2.05, 4.69) is 0 Å². The molecule has 0 atom stereocenters. The van der Waals surface area contributed by atoms with Crippen molar-refractivity contribution < 1.29 is 18.7 Å². The van der Waals surface area contributed by atoms with Crippen LogP contribution in [0, 0.1) is 0 Å². The molecule has 0 aliphatic carbocycles. The normalized spacial score (nSPS) is 10.3. The van der Waals surface area contributed by atoms with Crippen LogP contribution in [0.2, 0.25) is 0 Å². The van der Waals surface area contributed by atoms with Crippen LogP contribution in [-0.2, 0) is 4.74 Å². The maximum absolute atomic E-state index is 11.9. The Bertz CT molecular complexity index is 641. The molecule has 0 spiro atoms. The number of rotatable bonds is 3. The van der Waals surface area contributed by atoms with Gasteiger partial charge in [0, 0.05) is 6.07 Å². The Balaban J connectivity index is 2.64. The first-order valence-corrected chi connectivity index (χ1v) is 5.45. The fourth-order valence-corrected chi connectivity index (χ4v) is 1.65. The summed E-state index contributed by atoms with van der Waals surface area (Å²) in [5, 5.41) is 0.313. The summed E-state index contributed by atoms with van der Waals surface area (Å²) in [6.45, 7) is 1.90. The zero-order chi connectivity index (χ0) is 13.1. The summed E-state index contributed by atoms with van der Waals surface area (Å²) < 4.78 is 15.2. The molecule has 0 aliphatic rings. The van der Waals surface area contributed by atoms with E-state index in [1.165, 1.54) is 7.11 Å². The van der Waals surface area contributed by atoms with Crippen molar-refractivity contribution in [3.05, 3.63) is 40.2 Å². The van der Waals surface area contributed by atoms with Gasteiger partial charge in [-0.3, -0.25) is 4.79 Å². The van der Waals surface area contributed by atoms with Gasteiger partial charge in [0.1, 0.15) is 16.7 Å². The quantitative estimate of drug-likeness (QED) is 0.777. The first-order valence-electron chi connectivity index (χ1n) is 5.45. The molecular weight excluding hydrogens is 236 g/mol. The lowest BCUT2D eigenvalue weighted by Crippen LogP contribution is -2.10. The maximum atomic E-state index is 11.9. The third kappa shape index (κ3) is 2.07. The number of fused-ring (bicyclic) bond motifs is 1. The Morgan fingerprint density at radius 2 is 2.17 bits per heavy atom. The predicted molar refractivity (Wildman–Crippen MR) is 65.0 cm³/mol. The second-order valence-electron chi connectivity index (χ2n) is 3.53. The van der Waals surface area contributed by atoms with Crippen molar-refractivity contribution in [2.75, 3.05) is 13.7 Å². The number of esters is 1. The minimum Gasteiger partial charge on any atom is -0.496 e. The van der Waals surface area contributed by atoms with Crippen molar-refractivity contribution in [1.82, 2.24) is 0 Å². The van der Waals surface area contributed by atoms with E-state index in [4.69, 9.17) is 13.9 Å². The van der Waals surface area contributed by atoms with Gasteiger partial charge >= 0.3 is 5.97 Å². The second kappa shape index (κ2) is 4.91. The highest BCUT2D eigenvalue weighted by molar-refractivity contribution is 5.90. The van der Waals surface area contributed by atoms with Gasteiger partial charge in [0.2, 0.25) is 5.76 Å². The molecule has 1 heterocycles. The molecule has 5 heteroatoms.